The molecule has 0 heterocycles. The number of likely N-dealkylation sites (N-methyl/N-ethyl adjacent to an activating group) is 1. The minimum absolute atomic E-state index is 0.181. The lowest BCUT2D eigenvalue weighted by Gasteiger charge is -2.25. The first-order chi connectivity index (χ1) is 15.7. The number of rotatable bonds is 9. The van der Waals surface area contributed by atoms with E-state index in [4.69, 9.17) is 0 Å². The Labute approximate surface area is 194 Å². The summed E-state index contributed by atoms with van der Waals surface area (Å²) >= 11 is 0. The summed E-state index contributed by atoms with van der Waals surface area (Å²) in [6.45, 7) is 3.20. The molecule has 0 unspecified atom stereocenters. The van der Waals surface area contributed by atoms with Crippen LogP contribution in [-0.2, 0) is 16.6 Å². The van der Waals surface area contributed by atoms with Gasteiger partial charge in [0.25, 0.3) is 15.9 Å². The van der Waals surface area contributed by atoms with Crippen LogP contribution in [0.1, 0.15) is 21.5 Å². The number of benzene rings is 3. The van der Waals surface area contributed by atoms with Gasteiger partial charge >= 0.3 is 0 Å². The fourth-order valence-electron chi connectivity index (χ4n) is 3.23. The summed E-state index contributed by atoms with van der Waals surface area (Å²) in [7, 11) is -0.129. The van der Waals surface area contributed by atoms with Crippen molar-refractivity contribution < 1.29 is 17.6 Å². The van der Waals surface area contributed by atoms with Gasteiger partial charge in [-0.05, 0) is 62.5 Å². The van der Waals surface area contributed by atoms with Crippen molar-refractivity contribution >= 4 is 21.6 Å². The molecule has 0 saturated carbocycles. The van der Waals surface area contributed by atoms with Crippen molar-refractivity contribution in [3.63, 3.8) is 0 Å². The van der Waals surface area contributed by atoms with Crippen LogP contribution in [0.2, 0.25) is 0 Å². The fraction of sp³-hybridized carbons (Fsp3) is 0.240. The van der Waals surface area contributed by atoms with E-state index in [0.29, 0.717) is 30.8 Å². The molecule has 0 aliphatic rings. The van der Waals surface area contributed by atoms with E-state index in [1.54, 1.807) is 30.0 Å². The Hall–Kier alpha value is -3.23. The Kier molecular flexibility index (Phi) is 7.84. The van der Waals surface area contributed by atoms with Gasteiger partial charge in [0.1, 0.15) is 5.82 Å². The van der Waals surface area contributed by atoms with Crippen molar-refractivity contribution in [2.45, 2.75) is 18.4 Å². The van der Waals surface area contributed by atoms with Gasteiger partial charge in [-0.25, -0.2) is 12.8 Å². The van der Waals surface area contributed by atoms with Crippen molar-refractivity contribution in [2.75, 3.05) is 31.9 Å². The molecular formula is C25H28FN3O3S. The lowest BCUT2D eigenvalue weighted by Crippen LogP contribution is -2.36. The second-order valence-electron chi connectivity index (χ2n) is 8.11. The van der Waals surface area contributed by atoms with E-state index in [2.05, 4.69) is 4.72 Å². The molecule has 0 saturated heterocycles. The van der Waals surface area contributed by atoms with E-state index in [1.807, 2.05) is 49.3 Å². The van der Waals surface area contributed by atoms with Gasteiger partial charge < -0.3 is 9.80 Å². The maximum Gasteiger partial charge on any atom is 0.261 e. The van der Waals surface area contributed by atoms with Gasteiger partial charge in [-0.1, -0.05) is 42.5 Å². The van der Waals surface area contributed by atoms with Gasteiger partial charge in [-0.15, -0.1) is 0 Å². The van der Waals surface area contributed by atoms with Crippen LogP contribution in [0.15, 0.2) is 77.7 Å². The summed E-state index contributed by atoms with van der Waals surface area (Å²) in [5, 5.41) is 0. The quantitative estimate of drug-likeness (QED) is 0.511. The molecule has 1 N–H and O–H groups in total. The van der Waals surface area contributed by atoms with E-state index in [0.717, 1.165) is 11.6 Å². The minimum Gasteiger partial charge on any atom is -0.333 e. The topological polar surface area (TPSA) is 69.7 Å². The molecule has 3 rings (SSSR count). The number of amides is 1. The van der Waals surface area contributed by atoms with Crippen LogP contribution in [0.4, 0.5) is 10.1 Å². The van der Waals surface area contributed by atoms with Gasteiger partial charge in [-0.2, -0.15) is 0 Å². The Morgan fingerprint density at radius 2 is 1.67 bits per heavy atom. The highest BCUT2D eigenvalue weighted by Gasteiger charge is 2.19. The molecule has 8 heteroatoms. The molecule has 0 atom stereocenters. The average Bonchev–Trinajstić information content (AvgIpc) is 2.78. The molecule has 0 aromatic heterocycles. The number of carbonyl (C=O) groups is 1. The Balaban J connectivity index is 1.83. The minimum atomic E-state index is -4.01. The third kappa shape index (κ3) is 6.63. The summed E-state index contributed by atoms with van der Waals surface area (Å²) in [5.74, 6) is -0.803. The molecule has 3 aromatic rings. The summed E-state index contributed by atoms with van der Waals surface area (Å²) in [6.07, 6.45) is 0. The molecule has 174 valence electrons. The lowest BCUT2D eigenvalue weighted by molar-refractivity contribution is 0.0732. The van der Waals surface area contributed by atoms with E-state index >= 15 is 0 Å². The predicted octanol–water partition coefficient (Wildman–Crippen LogP) is 4.14. The zero-order valence-electron chi connectivity index (χ0n) is 19.0. The number of sulfonamides is 1. The highest BCUT2D eigenvalue weighted by atomic mass is 32.2. The Morgan fingerprint density at radius 1 is 0.939 bits per heavy atom. The Bertz CT molecular complexity index is 1210. The number of hydrogen-bond donors (Lipinski definition) is 1. The van der Waals surface area contributed by atoms with Crippen LogP contribution in [-0.4, -0.2) is 51.3 Å². The molecule has 33 heavy (non-hydrogen) atoms. The fourth-order valence-corrected chi connectivity index (χ4v) is 4.29. The summed E-state index contributed by atoms with van der Waals surface area (Å²) in [5.41, 5.74) is 1.95. The molecule has 3 aromatic carbocycles. The molecule has 0 fully saturated rings. The van der Waals surface area contributed by atoms with Crippen molar-refractivity contribution in [3.05, 3.63) is 95.3 Å². The highest BCUT2D eigenvalue weighted by Crippen LogP contribution is 2.20. The molecule has 0 radical (unpaired) electrons. The summed E-state index contributed by atoms with van der Waals surface area (Å²) in [4.78, 5) is 16.9. The van der Waals surface area contributed by atoms with Crippen LogP contribution in [0, 0.1) is 12.7 Å². The highest BCUT2D eigenvalue weighted by molar-refractivity contribution is 7.92. The van der Waals surface area contributed by atoms with Crippen LogP contribution in [0.5, 0.6) is 0 Å². The third-order valence-electron chi connectivity index (χ3n) is 5.14. The molecule has 0 spiro atoms. The first-order valence-corrected chi connectivity index (χ1v) is 12.0. The number of halogens is 1. The normalized spacial score (nSPS) is 11.4. The smallest absolute Gasteiger partial charge is 0.261 e. The lowest BCUT2D eigenvalue weighted by atomic mass is 10.1. The maximum atomic E-state index is 13.9. The van der Waals surface area contributed by atoms with E-state index < -0.39 is 15.8 Å². The van der Waals surface area contributed by atoms with Crippen LogP contribution in [0.25, 0.3) is 0 Å². The number of nitrogens with one attached hydrogen (secondary N) is 1. The average molecular weight is 470 g/mol. The van der Waals surface area contributed by atoms with Gasteiger partial charge in [0.05, 0.1) is 4.90 Å². The zero-order chi connectivity index (χ0) is 24.0. The molecule has 0 bridgehead atoms. The van der Waals surface area contributed by atoms with Crippen molar-refractivity contribution in [1.29, 1.82) is 0 Å². The summed E-state index contributed by atoms with van der Waals surface area (Å²) in [6, 6.07) is 19.8. The first kappa shape index (κ1) is 24.4. The van der Waals surface area contributed by atoms with E-state index in [-0.39, 0.29) is 16.5 Å². The second-order valence-corrected chi connectivity index (χ2v) is 9.80. The Morgan fingerprint density at radius 3 is 2.33 bits per heavy atom. The first-order valence-electron chi connectivity index (χ1n) is 10.5. The number of aryl methyl sites for hydroxylation is 1. The molecule has 1 amide bonds. The SMILES string of the molecule is Cc1ccc(S(=O)(=O)Nc2cccc(C(=O)N(CCN(C)C)Cc3ccccc3)c2)cc1F. The number of anilines is 1. The monoisotopic (exact) mass is 469 g/mol. The van der Waals surface area contributed by atoms with Crippen LogP contribution < -0.4 is 4.72 Å². The van der Waals surface area contributed by atoms with Gasteiger partial charge in [0, 0.05) is 30.9 Å². The maximum absolute atomic E-state index is 13.9. The van der Waals surface area contributed by atoms with Gasteiger partial charge in [0.2, 0.25) is 0 Å². The van der Waals surface area contributed by atoms with Crippen LogP contribution >= 0.6 is 0 Å². The van der Waals surface area contributed by atoms with Crippen molar-refractivity contribution in [2.24, 2.45) is 0 Å². The molecular weight excluding hydrogens is 441 g/mol. The summed E-state index contributed by atoms with van der Waals surface area (Å²) < 4.78 is 41.8. The van der Waals surface area contributed by atoms with Gasteiger partial charge in [0.15, 0.2) is 0 Å². The third-order valence-corrected chi connectivity index (χ3v) is 6.51. The molecule has 6 nitrogen and oxygen atoms in total. The zero-order valence-corrected chi connectivity index (χ0v) is 19.8. The van der Waals surface area contributed by atoms with Crippen molar-refractivity contribution in [1.82, 2.24) is 9.80 Å². The number of hydrogen-bond acceptors (Lipinski definition) is 4. The van der Waals surface area contributed by atoms with E-state index in [9.17, 15) is 17.6 Å². The number of carbonyl (C=O) groups excluding carboxylic acids is 1. The van der Waals surface area contributed by atoms with Crippen molar-refractivity contribution in [3.8, 4) is 0 Å². The standard InChI is InChI=1S/C25H28FN3O3S/c1-19-12-13-23(17-24(19)26)33(31,32)27-22-11-7-10-21(16-22)25(30)29(15-14-28(2)3)18-20-8-5-4-6-9-20/h4-13,16-17,27H,14-15,18H2,1-3H3. The molecule has 0 aliphatic heterocycles. The largest absolute Gasteiger partial charge is 0.333 e. The van der Waals surface area contributed by atoms with E-state index in [1.165, 1.54) is 18.2 Å². The predicted molar refractivity (Wildman–Crippen MR) is 128 cm³/mol. The van der Waals surface area contributed by atoms with Crippen LogP contribution in [0.3, 0.4) is 0 Å². The van der Waals surface area contributed by atoms with Gasteiger partial charge in [-0.3, -0.25) is 9.52 Å². The second kappa shape index (κ2) is 10.6. The number of nitrogens with zero attached hydrogens (tertiary/aromatic N) is 2. The molecule has 0 aliphatic carbocycles.